The van der Waals surface area contributed by atoms with Crippen LogP contribution >= 0.6 is 0 Å². The molecule has 0 bridgehead atoms. The smallest absolute Gasteiger partial charge is 0.274 e. The van der Waals surface area contributed by atoms with Crippen LogP contribution in [0.3, 0.4) is 0 Å². The Balaban J connectivity index is 1.64. The molecule has 0 aromatic heterocycles. The monoisotopic (exact) mass is 372 g/mol. The number of carbonyl (C=O) groups is 1. The minimum absolute atomic E-state index is 0.395. The topological polar surface area (TPSA) is 77.0 Å². The van der Waals surface area contributed by atoms with Gasteiger partial charge in [0.1, 0.15) is 5.82 Å². The summed E-state index contributed by atoms with van der Waals surface area (Å²) < 4.78 is 0. The molecular weight excluding hydrogens is 352 g/mol. The van der Waals surface area contributed by atoms with E-state index in [1.165, 1.54) is 12.8 Å². The van der Waals surface area contributed by atoms with Crippen LogP contribution < -0.4 is 10.8 Å². The van der Waals surface area contributed by atoms with E-state index in [4.69, 9.17) is 10.2 Å². The van der Waals surface area contributed by atoms with Crippen LogP contribution in [0.4, 0.5) is 11.4 Å². The third-order valence-corrected chi connectivity index (χ3v) is 5.28. The Morgan fingerprint density at radius 2 is 1.93 bits per heavy atom. The molecule has 3 aliphatic rings. The molecule has 0 atom stereocenters. The van der Waals surface area contributed by atoms with E-state index in [2.05, 4.69) is 22.4 Å². The number of para-hydroxylation sites is 2. The van der Waals surface area contributed by atoms with Gasteiger partial charge in [0, 0.05) is 29.3 Å². The highest BCUT2D eigenvalue weighted by molar-refractivity contribution is 6.17. The maximum atomic E-state index is 11.6. The molecule has 1 fully saturated rings. The van der Waals surface area contributed by atoms with Crippen LogP contribution in [0.5, 0.6) is 0 Å². The standard InChI is InChI=1S/C22H20N4O2/c27-22(25-28)15-9-7-14(8-10-15)20-17-4-3-13-26(16-11-12-16)21(17)24-19-6-2-1-5-18(19)23-20/h1-10,16,24,28H,11-13H2,(H,25,27). The molecule has 2 aromatic rings. The van der Waals surface area contributed by atoms with Crippen molar-refractivity contribution in [3.05, 3.63) is 83.2 Å². The van der Waals surface area contributed by atoms with Gasteiger partial charge in [0.2, 0.25) is 0 Å². The molecule has 2 aromatic carbocycles. The summed E-state index contributed by atoms with van der Waals surface area (Å²) in [6, 6.07) is 15.7. The van der Waals surface area contributed by atoms with Crippen molar-refractivity contribution in [2.24, 2.45) is 4.99 Å². The first-order chi connectivity index (χ1) is 13.7. The van der Waals surface area contributed by atoms with E-state index in [9.17, 15) is 4.79 Å². The van der Waals surface area contributed by atoms with Gasteiger partial charge in [0.25, 0.3) is 5.91 Å². The van der Waals surface area contributed by atoms with E-state index < -0.39 is 5.91 Å². The number of hydroxylamine groups is 1. The molecule has 2 heterocycles. The van der Waals surface area contributed by atoms with Gasteiger partial charge < -0.3 is 10.2 Å². The van der Waals surface area contributed by atoms with Gasteiger partial charge in [-0.25, -0.2) is 10.5 Å². The molecule has 0 saturated heterocycles. The summed E-state index contributed by atoms with van der Waals surface area (Å²) in [5, 5.41) is 12.5. The second-order valence-corrected chi connectivity index (χ2v) is 7.17. The van der Waals surface area contributed by atoms with Crippen LogP contribution in [0, 0.1) is 0 Å². The van der Waals surface area contributed by atoms with Crippen LogP contribution in [0.1, 0.15) is 28.8 Å². The highest BCUT2D eigenvalue weighted by atomic mass is 16.5. The average Bonchev–Trinajstić information content (AvgIpc) is 3.59. The lowest BCUT2D eigenvalue weighted by Gasteiger charge is -2.31. The Morgan fingerprint density at radius 1 is 1.14 bits per heavy atom. The zero-order valence-corrected chi connectivity index (χ0v) is 15.2. The summed E-state index contributed by atoms with van der Waals surface area (Å²) >= 11 is 0. The van der Waals surface area contributed by atoms with Gasteiger partial charge in [-0.15, -0.1) is 0 Å². The summed E-state index contributed by atoms with van der Waals surface area (Å²) in [6.07, 6.45) is 6.73. The maximum Gasteiger partial charge on any atom is 0.274 e. The molecule has 6 nitrogen and oxygen atoms in total. The third-order valence-electron chi connectivity index (χ3n) is 5.28. The Labute approximate surface area is 162 Å². The van der Waals surface area contributed by atoms with Gasteiger partial charge in [-0.1, -0.05) is 36.4 Å². The Hall–Kier alpha value is -3.38. The predicted octanol–water partition coefficient (Wildman–Crippen LogP) is 3.60. The molecule has 2 aliphatic heterocycles. The van der Waals surface area contributed by atoms with Crippen molar-refractivity contribution < 1.29 is 10.0 Å². The van der Waals surface area contributed by atoms with Gasteiger partial charge in [-0.05, 0) is 37.1 Å². The molecule has 6 heteroatoms. The third kappa shape index (κ3) is 2.88. The number of allylic oxidation sites excluding steroid dienone is 2. The number of aliphatic imine (C=N–C) groups is 1. The Bertz CT molecular complexity index is 1030. The highest BCUT2D eigenvalue weighted by Crippen LogP contribution is 2.38. The zero-order chi connectivity index (χ0) is 19.1. The molecule has 0 radical (unpaired) electrons. The summed E-state index contributed by atoms with van der Waals surface area (Å²) in [6.45, 7) is 0.890. The number of rotatable bonds is 3. The lowest BCUT2D eigenvalue weighted by molar-refractivity contribution is 0.0706. The largest absolute Gasteiger partial charge is 0.351 e. The fourth-order valence-electron chi connectivity index (χ4n) is 3.71. The number of hydrogen-bond acceptors (Lipinski definition) is 5. The first kappa shape index (κ1) is 16.8. The van der Waals surface area contributed by atoms with E-state index in [0.717, 1.165) is 40.6 Å². The van der Waals surface area contributed by atoms with Crippen LogP contribution in [0.15, 0.2) is 77.1 Å². The molecule has 140 valence electrons. The first-order valence-corrected chi connectivity index (χ1v) is 9.42. The van der Waals surface area contributed by atoms with Crippen LogP contribution in [0.2, 0.25) is 0 Å². The van der Waals surface area contributed by atoms with Gasteiger partial charge in [-0.3, -0.25) is 10.0 Å². The van der Waals surface area contributed by atoms with Gasteiger partial charge in [0.05, 0.1) is 17.1 Å². The van der Waals surface area contributed by atoms with Crippen molar-refractivity contribution in [3.8, 4) is 0 Å². The number of nitrogens with zero attached hydrogens (tertiary/aromatic N) is 2. The van der Waals surface area contributed by atoms with Gasteiger partial charge in [-0.2, -0.15) is 0 Å². The number of benzene rings is 2. The van der Waals surface area contributed by atoms with E-state index in [0.29, 0.717) is 11.6 Å². The molecule has 5 rings (SSSR count). The number of fused-ring (bicyclic) bond motifs is 1. The summed E-state index contributed by atoms with van der Waals surface area (Å²) in [5.74, 6) is 0.560. The quantitative estimate of drug-likeness (QED) is 0.568. The van der Waals surface area contributed by atoms with Crippen molar-refractivity contribution in [2.45, 2.75) is 18.9 Å². The molecule has 1 amide bonds. The summed E-state index contributed by atoms with van der Waals surface area (Å²) in [7, 11) is 0. The van der Waals surface area contributed by atoms with Gasteiger partial charge in [0.15, 0.2) is 0 Å². The van der Waals surface area contributed by atoms with Crippen LogP contribution in [0.25, 0.3) is 0 Å². The number of hydrogen-bond donors (Lipinski definition) is 3. The Kier molecular flexibility index (Phi) is 3.98. The normalized spacial score (nSPS) is 17.9. The zero-order valence-electron chi connectivity index (χ0n) is 15.2. The van der Waals surface area contributed by atoms with Crippen LogP contribution in [-0.2, 0) is 0 Å². The van der Waals surface area contributed by atoms with Gasteiger partial charge >= 0.3 is 0 Å². The number of anilines is 1. The highest BCUT2D eigenvalue weighted by Gasteiger charge is 2.34. The van der Waals surface area contributed by atoms with E-state index in [1.54, 1.807) is 17.6 Å². The average molecular weight is 372 g/mol. The fraction of sp³-hybridized carbons (Fsp3) is 0.182. The maximum absolute atomic E-state index is 11.6. The number of nitrogens with one attached hydrogen (secondary N) is 2. The Morgan fingerprint density at radius 3 is 2.68 bits per heavy atom. The molecule has 0 unspecified atom stereocenters. The van der Waals surface area contributed by atoms with Crippen molar-refractivity contribution in [3.63, 3.8) is 0 Å². The second kappa shape index (κ2) is 6.65. The van der Waals surface area contributed by atoms with Crippen molar-refractivity contribution in [1.29, 1.82) is 0 Å². The SMILES string of the molecule is O=C(NO)c1ccc(C2=Nc3ccccc3NC3=C2C=CCN3C2CC2)cc1. The molecule has 3 N–H and O–H groups in total. The molecule has 0 spiro atoms. The number of carbonyl (C=O) groups excluding carboxylic acids is 1. The summed E-state index contributed by atoms with van der Waals surface area (Å²) in [5.41, 5.74) is 6.77. The van der Waals surface area contributed by atoms with Crippen LogP contribution in [-0.4, -0.2) is 34.3 Å². The molecule has 1 aliphatic carbocycles. The van der Waals surface area contributed by atoms with Crippen molar-refractivity contribution in [1.82, 2.24) is 10.4 Å². The predicted molar refractivity (Wildman–Crippen MR) is 108 cm³/mol. The number of amides is 1. The molecule has 28 heavy (non-hydrogen) atoms. The fourth-order valence-corrected chi connectivity index (χ4v) is 3.71. The lowest BCUT2D eigenvalue weighted by atomic mass is 9.98. The van der Waals surface area contributed by atoms with E-state index >= 15 is 0 Å². The minimum atomic E-state index is -0.529. The minimum Gasteiger partial charge on any atom is -0.351 e. The molecular formula is C22H20N4O2. The van der Waals surface area contributed by atoms with E-state index in [-0.39, 0.29) is 0 Å². The first-order valence-electron chi connectivity index (χ1n) is 9.42. The summed E-state index contributed by atoms with van der Waals surface area (Å²) in [4.78, 5) is 19.0. The second-order valence-electron chi connectivity index (χ2n) is 7.17. The van der Waals surface area contributed by atoms with E-state index in [1.807, 2.05) is 36.4 Å². The lowest BCUT2D eigenvalue weighted by Crippen LogP contribution is -2.33. The molecule has 1 saturated carbocycles. The van der Waals surface area contributed by atoms with Crippen molar-refractivity contribution >= 4 is 23.0 Å². The van der Waals surface area contributed by atoms with Crippen molar-refractivity contribution in [2.75, 3.05) is 11.9 Å².